The Morgan fingerprint density at radius 1 is 1.06 bits per heavy atom. The Morgan fingerprint density at radius 2 is 1.83 bits per heavy atom. The van der Waals surface area contributed by atoms with Gasteiger partial charge in [0.2, 0.25) is 0 Å². The molecule has 1 heterocycles. The fraction of sp³-hybridized carbons (Fsp3) is 0.200. The van der Waals surface area contributed by atoms with Crippen LogP contribution in [0.4, 0.5) is 0 Å². The number of aliphatic hydroxyl groups excluding tert-OH is 1. The third-order valence-electron chi connectivity index (χ3n) is 3.28. The molecule has 0 saturated heterocycles. The van der Waals surface area contributed by atoms with Crippen molar-refractivity contribution in [3.05, 3.63) is 48.0 Å². The Hall–Kier alpha value is -1.84. The van der Waals surface area contributed by atoms with Crippen molar-refractivity contribution < 1.29 is 9.84 Å². The maximum absolute atomic E-state index is 9.25. The number of methoxy groups -OCH3 is 1. The van der Waals surface area contributed by atoms with Crippen molar-refractivity contribution in [1.82, 2.24) is 4.57 Å². The van der Waals surface area contributed by atoms with E-state index in [-0.39, 0.29) is 6.61 Å². The van der Waals surface area contributed by atoms with Crippen LogP contribution in [0.2, 0.25) is 0 Å². The van der Waals surface area contributed by atoms with Gasteiger partial charge >= 0.3 is 0 Å². The van der Waals surface area contributed by atoms with Crippen LogP contribution in [0, 0.1) is 0 Å². The summed E-state index contributed by atoms with van der Waals surface area (Å²) in [6.07, 6.45) is 0. The Kier molecular flexibility index (Phi) is 2.78. The molecule has 0 spiro atoms. The first kappa shape index (κ1) is 11.3. The number of nitrogens with zero attached hydrogens (tertiary/aromatic N) is 1. The molecule has 0 aliphatic carbocycles. The number of aromatic nitrogens is 1. The van der Waals surface area contributed by atoms with Gasteiger partial charge in [-0.3, -0.25) is 0 Å². The van der Waals surface area contributed by atoms with Crippen LogP contribution in [-0.2, 0) is 18.1 Å². The van der Waals surface area contributed by atoms with Gasteiger partial charge in [-0.15, -0.1) is 0 Å². The van der Waals surface area contributed by atoms with Crippen molar-refractivity contribution >= 4 is 21.8 Å². The zero-order valence-electron chi connectivity index (χ0n) is 10.3. The van der Waals surface area contributed by atoms with Gasteiger partial charge < -0.3 is 14.4 Å². The highest BCUT2D eigenvalue weighted by atomic mass is 16.5. The summed E-state index contributed by atoms with van der Waals surface area (Å²) in [6, 6.07) is 14.3. The van der Waals surface area contributed by atoms with Gasteiger partial charge in [0.15, 0.2) is 0 Å². The van der Waals surface area contributed by atoms with E-state index in [2.05, 4.69) is 16.7 Å². The molecule has 92 valence electrons. The summed E-state index contributed by atoms with van der Waals surface area (Å²) in [5, 5.41) is 11.6. The zero-order valence-corrected chi connectivity index (χ0v) is 10.3. The minimum atomic E-state index is 0.0692. The Morgan fingerprint density at radius 3 is 2.61 bits per heavy atom. The van der Waals surface area contributed by atoms with Crippen LogP contribution < -0.4 is 0 Å². The summed E-state index contributed by atoms with van der Waals surface area (Å²) >= 11 is 0. The monoisotopic (exact) mass is 241 g/mol. The van der Waals surface area contributed by atoms with Crippen molar-refractivity contribution in [2.24, 2.45) is 0 Å². The molecule has 0 fully saturated rings. The first-order valence-corrected chi connectivity index (χ1v) is 5.95. The maximum atomic E-state index is 9.25. The Bertz CT molecular complexity index is 700. The molecular weight excluding hydrogens is 226 g/mol. The van der Waals surface area contributed by atoms with Gasteiger partial charge in [0.05, 0.1) is 17.6 Å². The molecular formula is C15H15NO2. The van der Waals surface area contributed by atoms with Gasteiger partial charge in [0, 0.05) is 17.9 Å². The predicted octanol–water partition coefficient (Wildman–Crippen LogP) is 2.89. The van der Waals surface area contributed by atoms with Crippen molar-refractivity contribution in [2.75, 3.05) is 7.11 Å². The first-order chi connectivity index (χ1) is 8.85. The highest BCUT2D eigenvalue weighted by Crippen LogP contribution is 2.29. The molecule has 0 saturated carbocycles. The van der Waals surface area contributed by atoms with E-state index in [1.807, 2.05) is 30.3 Å². The van der Waals surface area contributed by atoms with Crippen LogP contribution in [-0.4, -0.2) is 16.8 Å². The van der Waals surface area contributed by atoms with Crippen LogP contribution in [0.1, 0.15) is 5.56 Å². The second kappa shape index (κ2) is 4.44. The molecule has 1 aromatic heterocycles. The molecule has 3 aromatic rings. The average Bonchev–Trinajstić information content (AvgIpc) is 2.74. The molecule has 0 bridgehead atoms. The molecule has 2 aromatic carbocycles. The lowest BCUT2D eigenvalue weighted by molar-refractivity contribution is 0.138. The topological polar surface area (TPSA) is 34.4 Å². The number of hydrogen-bond acceptors (Lipinski definition) is 2. The average molecular weight is 241 g/mol. The van der Waals surface area contributed by atoms with E-state index in [0.717, 1.165) is 22.0 Å². The predicted molar refractivity (Wildman–Crippen MR) is 72.4 cm³/mol. The van der Waals surface area contributed by atoms with E-state index in [9.17, 15) is 5.11 Å². The quantitative estimate of drug-likeness (QED) is 0.765. The number of benzene rings is 2. The summed E-state index contributed by atoms with van der Waals surface area (Å²) in [7, 11) is 1.70. The molecule has 3 rings (SSSR count). The van der Waals surface area contributed by atoms with Crippen molar-refractivity contribution in [1.29, 1.82) is 0 Å². The highest BCUT2D eigenvalue weighted by Gasteiger charge is 2.09. The minimum Gasteiger partial charge on any atom is -0.392 e. The lowest BCUT2D eigenvalue weighted by Gasteiger charge is -2.05. The second-order valence-corrected chi connectivity index (χ2v) is 4.37. The number of para-hydroxylation sites is 1. The van der Waals surface area contributed by atoms with Crippen molar-refractivity contribution in [3.63, 3.8) is 0 Å². The van der Waals surface area contributed by atoms with Crippen molar-refractivity contribution in [3.8, 4) is 0 Å². The summed E-state index contributed by atoms with van der Waals surface area (Å²) in [6.45, 7) is 0.599. The Labute approximate surface area is 105 Å². The fourth-order valence-electron chi connectivity index (χ4n) is 2.47. The van der Waals surface area contributed by atoms with Crippen LogP contribution in [0.5, 0.6) is 0 Å². The smallest absolute Gasteiger partial charge is 0.123 e. The number of rotatable bonds is 3. The summed E-state index contributed by atoms with van der Waals surface area (Å²) < 4.78 is 7.42. The number of fused-ring (bicyclic) bond motifs is 3. The molecule has 0 unspecified atom stereocenters. The van der Waals surface area contributed by atoms with E-state index in [1.54, 1.807) is 7.11 Å². The Balaban J connectivity index is 2.41. The van der Waals surface area contributed by atoms with E-state index in [0.29, 0.717) is 6.73 Å². The molecule has 3 heteroatoms. The number of ether oxygens (including phenoxy) is 1. The largest absolute Gasteiger partial charge is 0.392 e. The van der Waals surface area contributed by atoms with Gasteiger partial charge in [-0.2, -0.15) is 0 Å². The first-order valence-electron chi connectivity index (χ1n) is 5.95. The molecule has 1 N–H and O–H groups in total. The van der Waals surface area contributed by atoms with E-state index in [1.165, 1.54) is 5.39 Å². The van der Waals surface area contributed by atoms with E-state index < -0.39 is 0 Å². The normalized spacial score (nSPS) is 11.4. The molecule has 0 amide bonds. The van der Waals surface area contributed by atoms with Crippen molar-refractivity contribution in [2.45, 2.75) is 13.3 Å². The van der Waals surface area contributed by atoms with Gasteiger partial charge in [0.25, 0.3) is 0 Å². The molecule has 3 nitrogen and oxygen atoms in total. The van der Waals surface area contributed by atoms with Crippen LogP contribution >= 0.6 is 0 Å². The SMILES string of the molecule is COCn1c2ccccc2c2cc(CO)ccc21. The summed E-state index contributed by atoms with van der Waals surface area (Å²) in [4.78, 5) is 0. The van der Waals surface area contributed by atoms with E-state index in [4.69, 9.17) is 4.74 Å². The molecule has 0 aliphatic heterocycles. The van der Waals surface area contributed by atoms with Gasteiger partial charge in [-0.25, -0.2) is 0 Å². The molecule has 18 heavy (non-hydrogen) atoms. The molecule has 0 aliphatic rings. The van der Waals surface area contributed by atoms with Gasteiger partial charge in [-0.1, -0.05) is 24.3 Å². The molecule has 0 radical (unpaired) electrons. The third kappa shape index (κ3) is 1.60. The lowest BCUT2D eigenvalue weighted by Crippen LogP contribution is -1.98. The lowest BCUT2D eigenvalue weighted by atomic mass is 10.1. The van der Waals surface area contributed by atoms with Crippen LogP contribution in [0.25, 0.3) is 21.8 Å². The van der Waals surface area contributed by atoms with Gasteiger partial charge in [-0.05, 0) is 23.8 Å². The van der Waals surface area contributed by atoms with Crippen LogP contribution in [0.3, 0.4) is 0 Å². The highest BCUT2D eigenvalue weighted by molar-refractivity contribution is 6.08. The number of aliphatic hydroxyl groups is 1. The van der Waals surface area contributed by atoms with E-state index >= 15 is 0 Å². The summed E-state index contributed by atoms with van der Waals surface area (Å²) in [5.41, 5.74) is 3.22. The number of hydrogen-bond donors (Lipinski definition) is 1. The molecule has 0 atom stereocenters. The maximum Gasteiger partial charge on any atom is 0.123 e. The van der Waals surface area contributed by atoms with Crippen LogP contribution in [0.15, 0.2) is 42.5 Å². The summed E-state index contributed by atoms with van der Waals surface area (Å²) in [5.74, 6) is 0. The zero-order chi connectivity index (χ0) is 12.5. The second-order valence-electron chi connectivity index (χ2n) is 4.37. The fourth-order valence-corrected chi connectivity index (χ4v) is 2.47. The standard InChI is InChI=1S/C15H15NO2/c1-18-10-16-14-5-3-2-4-12(14)13-8-11(9-17)6-7-15(13)16/h2-8,17H,9-10H2,1H3. The third-order valence-corrected chi connectivity index (χ3v) is 3.28. The minimum absolute atomic E-state index is 0.0692. The van der Waals surface area contributed by atoms with Gasteiger partial charge in [0.1, 0.15) is 6.73 Å².